The number of amides is 3. The average Bonchev–Trinajstić information content (AvgIpc) is 2.78. The fourth-order valence-corrected chi connectivity index (χ4v) is 3.89. The highest BCUT2D eigenvalue weighted by Gasteiger charge is 2.36. The zero-order valence-electron chi connectivity index (χ0n) is 17.8. The number of nitrogens with one attached hydrogen (secondary N) is 2. The molecule has 3 aromatic carbocycles. The van der Waals surface area contributed by atoms with Crippen LogP contribution in [0.25, 0.3) is 0 Å². The molecule has 1 aliphatic rings. The Bertz CT molecular complexity index is 1260. The highest BCUT2D eigenvalue weighted by atomic mass is 35.5. The molecule has 0 spiro atoms. The average molecular weight is 468 g/mol. The predicted octanol–water partition coefficient (Wildman–Crippen LogP) is 6.11. The minimum atomic E-state index is -0.823. The number of allylic oxidation sites excluding steroid dienone is 1. The molecule has 33 heavy (non-hydrogen) atoms. The molecule has 0 saturated carbocycles. The number of halogens is 3. The molecule has 0 saturated heterocycles. The maximum atomic E-state index is 13.7. The largest absolute Gasteiger partial charge is 0.326 e. The van der Waals surface area contributed by atoms with Crippen LogP contribution in [0.5, 0.6) is 0 Å². The fraction of sp³-hybridized carbons (Fsp3) is 0.120. The molecule has 4 rings (SSSR count). The van der Waals surface area contributed by atoms with Crippen LogP contribution >= 0.6 is 11.6 Å². The Kier molecular flexibility index (Phi) is 6.16. The van der Waals surface area contributed by atoms with Gasteiger partial charge in [-0.3, -0.25) is 9.69 Å². The lowest BCUT2D eigenvalue weighted by atomic mass is 9.93. The lowest BCUT2D eigenvalue weighted by Crippen LogP contribution is -2.48. The number of anilines is 2. The third kappa shape index (κ3) is 4.59. The first-order valence-electron chi connectivity index (χ1n) is 10.1. The second kappa shape index (κ2) is 9.03. The Morgan fingerprint density at radius 2 is 1.67 bits per heavy atom. The summed E-state index contributed by atoms with van der Waals surface area (Å²) < 4.78 is 27.2. The summed E-state index contributed by atoms with van der Waals surface area (Å²) in [6, 6.07) is 15.3. The number of benzene rings is 3. The van der Waals surface area contributed by atoms with E-state index in [9.17, 15) is 18.4 Å². The molecule has 3 aromatic rings. The van der Waals surface area contributed by atoms with Crippen molar-refractivity contribution in [3.63, 3.8) is 0 Å². The first kappa shape index (κ1) is 22.5. The molecule has 168 valence electrons. The van der Waals surface area contributed by atoms with Crippen molar-refractivity contribution in [1.29, 1.82) is 0 Å². The van der Waals surface area contributed by atoms with E-state index in [2.05, 4.69) is 10.6 Å². The second-order valence-electron chi connectivity index (χ2n) is 7.69. The van der Waals surface area contributed by atoms with Crippen LogP contribution in [0.2, 0.25) is 5.02 Å². The maximum absolute atomic E-state index is 13.7. The van der Waals surface area contributed by atoms with Crippen LogP contribution < -0.4 is 15.5 Å². The predicted molar refractivity (Wildman–Crippen MR) is 124 cm³/mol. The molecule has 1 unspecified atom stereocenters. The van der Waals surface area contributed by atoms with Crippen LogP contribution in [-0.4, -0.2) is 11.9 Å². The summed E-state index contributed by atoms with van der Waals surface area (Å²) in [6.45, 7) is 3.56. The van der Waals surface area contributed by atoms with Gasteiger partial charge in [-0.15, -0.1) is 0 Å². The van der Waals surface area contributed by atoms with Gasteiger partial charge in [-0.1, -0.05) is 41.4 Å². The van der Waals surface area contributed by atoms with Crippen molar-refractivity contribution >= 4 is 34.9 Å². The number of urea groups is 1. The zero-order chi connectivity index (χ0) is 23.7. The van der Waals surface area contributed by atoms with E-state index < -0.39 is 29.6 Å². The standard InChI is InChI=1S/C25H20ClF2N3O2/c1-14-3-9-18(10-4-14)29-24(32)22-15(2)31(19-11-12-21(28)20(26)13-19)25(33)30-23(22)16-5-7-17(27)8-6-16/h3-13,23H,1-2H3,(H,29,32)(H,30,33). The van der Waals surface area contributed by atoms with Gasteiger partial charge in [0.1, 0.15) is 11.6 Å². The Labute approximate surface area is 194 Å². The van der Waals surface area contributed by atoms with Crippen molar-refractivity contribution < 1.29 is 18.4 Å². The minimum absolute atomic E-state index is 0.153. The first-order chi connectivity index (χ1) is 15.7. The summed E-state index contributed by atoms with van der Waals surface area (Å²) >= 11 is 5.92. The SMILES string of the molecule is CC1=C(C(=O)Nc2ccc(C)cc2)C(c2ccc(F)cc2)NC(=O)N1c1ccc(F)c(Cl)c1. The van der Waals surface area contributed by atoms with E-state index in [0.29, 0.717) is 22.6 Å². The van der Waals surface area contributed by atoms with Crippen molar-refractivity contribution in [2.24, 2.45) is 0 Å². The lowest BCUT2D eigenvalue weighted by Gasteiger charge is -2.36. The van der Waals surface area contributed by atoms with Gasteiger partial charge in [0.15, 0.2) is 0 Å². The zero-order valence-corrected chi connectivity index (χ0v) is 18.6. The Morgan fingerprint density at radius 1 is 1.00 bits per heavy atom. The quantitative estimate of drug-likeness (QED) is 0.486. The summed E-state index contributed by atoms with van der Waals surface area (Å²) in [5, 5.41) is 5.50. The van der Waals surface area contributed by atoms with Gasteiger partial charge in [0.05, 0.1) is 22.3 Å². The van der Waals surface area contributed by atoms with Crippen molar-refractivity contribution in [3.8, 4) is 0 Å². The van der Waals surface area contributed by atoms with E-state index in [0.717, 1.165) is 11.6 Å². The number of hydrogen-bond acceptors (Lipinski definition) is 2. The van der Waals surface area contributed by atoms with Crippen LogP contribution in [0, 0.1) is 18.6 Å². The van der Waals surface area contributed by atoms with Gasteiger partial charge >= 0.3 is 6.03 Å². The third-order valence-electron chi connectivity index (χ3n) is 5.40. The summed E-state index contributed by atoms with van der Waals surface area (Å²) in [6.07, 6.45) is 0. The van der Waals surface area contributed by atoms with Gasteiger partial charge in [0.25, 0.3) is 5.91 Å². The van der Waals surface area contributed by atoms with Crippen molar-refractivity contribution in [3.05, 3.63) is 106 Å². The monoisotopic (exact) mass is 467 g/mol. The Morgan fingerprint density at radius 3 is 2.30 bits per heavy atom. The summed E-state index contributed by atoms with van der Waals surface area (Å²) in [7, 11) is 0. The molecule has 2 N–H and O–H groups in total. The van der Waals surface area contributed by atoms with Gasteiger partial charge < -0.3 is 10.6 Å². The second-order valence-corrected chi connectivity index (χ2v) is 8.09. The first-order valence-corrected chi connectivity index (χ1v) is 10.5. The molecule has 0 fully saturated rings. The third-order valence-corrected chi connectivity index (χ3v) is 5.69. The highest BCUT2D eigenvalue weighted by molar-refractivity contribution is 6.31. The van der Waals surface area contributed by atoms with Crippen LogP contribution in [0.15, 0.2) is 78.0 Å². The van der Waals surface area contributed by atoms with E-state index in [1.54, 1.807) is 19.1 Å². The topological polar surface area (TPSA) is 61.4 Å². The van der Waals surface area contributed by atoms with Crippen LogP contribution in [-0.2, 0) is 4.79 Å². The van der Waals surface area contributed by atoms with Gasteiger partial charge in [0.2, 0.25) is 0 Å². The number of carbonyl (C=O) groups excluding carboxylic acids is 2. The van der Waals surface area contributed by atoms with E-state index in [1.165, 1.54) is 41.3 Å². The number of rotatable bonds is 4. The molecule has 1 heterocycles. The number of hydrogen-bond donors (Lipinski definition) is 2. The molecule has 5 nitrogen and oxygen atoms in total. The fourth-order valence-electron chi connectivity index (χ4n) is 3.71. The molecule has 8 heteroatoms. The molecule has 1 atom stereocenters. The molecule has 0 aliphatic carbocycles. The molecule has 0 bridgehead atoms. The molecular formula is C25H20ClF2N3O2. The van der Waals surface area contributed by atoms with E-state index in [1.807, 2.05) is 19.1 Å². The van der Waals surface area contributed by atoms with Crippen molar-refractivity contribution in [2.75, 3.05) is 10.2 Å². The minimum Gasteiger partial charge on any atom is -0.326 e. The Balaban J connectivity index is 1.81. The van der Waals surface area contributed by atoms with Gasteiger partial charge in [0, 0.05) is 11.4 Å². The van der Waals surface area contributed by atoms with E-state index in [4.69, 9.17) is 11.6 Å². The van der Waals surface area contributed by atoms with Crippen LogP contribution in [0.4, 0.5) is 25.0 Å². The number of nitrogens with zero attached hydrogens (tertiary/aromatic N) is 1. The molecular weight excluding hydrogens is 448 g/mol. The van der Waals surface area contributed by atoms with E-state index in [-0.39, 0.29) is 10.6 Å². The highest BCUT2D eigenvalue weighted by Crippen LogP contribution is 2.35. The Hall–Kier alpha value is -3.71. The van der Waals surface area contributed by atoms with Crippen LogP contribution in [0.3, 0.4) is 0 Å². The summed E-state index contributed by atoms with van der Waals surface area (Å²) in [5.74, 6) is -1.50. The van der Waals surface area contributed by atoms with Gasteiger partial charge in [-0.05, 0) is 61.9 Å². The lowest BCUT2D eigenvalue weighted by molar-refractivity contribution is -0.113. The van der Waals surface area contributed by atoms with Crippen molar-refractivity contribution in [1.82, 2.24) is 5.32 Å². The van der Waals surface area contributed by atoms with Gasteiger partial charge in [-0.2, -0.15) is 0 Å². The van der Waals surface area contributed by atoms with Crippen LogP contribution in [0.1, 0.15) is 24.1 Å². The number of aryl methyl sites for hydroxylation is 1. The number of carbonyl (C=O) groups is 2. The molecule has 0 radical (unpaired) electrons. The molecule has 1 aliphatic heterocycles. The van der Waals surface area contributed by atoms with Gasteiger partial charge in [-0.25, -0.2) is 13.6 Å². The molecule has 3 amide bonds. The summed E-state index contributed by atoms with van der Waals surface area (Å²) in [4.78, 5) is 27.7. The van der Waals surface area contributed by atoms with E-state index >= 15 is 0 Å². The maximum Gasteiger partial charge on any atom is 0.326 e. The van der Waals surface area contributed by atoms with Crippen molar-refractivity contribution in [2.45, 2.75) is 19.9 Å². The summed E-state index contributed by atoms with van der Waals surface area (Å²) in [5.41, 5.74) is 3.04. The molecule has 0 aromatic heterocycles. The normalized spacial score (nSPS) is 16.0. The smallest absolute Gasteiger partial charge is 0.326 e.